The molecular formula is C17H14ClN5O2S. The molecule has 1 aromatic heterocycles. The van der Waals surface area contributed by atoms with Gasteiger partial charge in [-0.25, -0.2) is 0 Å². The van der Waals surface area contributed by atoms with Gasteiger partial charge in [0.15, 0.2) is 5.11 Å². The van der Waals surface area contributed by atoms with E-state index in [1.165, 1.54) is 12.1 Å². The summed E-state index contributed by atoms with van der Waals surface area (Å²) in [5.41, 5.74) is 2.17. The lowest BCUT2D eigenvalue weighted by atomic mass is 10.2. The molecule has 0 aliphatic carbocycles. The van der Waals surface area contributed by atoms with E-state index in [0.29, 0.717) is 28.1 Å². The molecule has 0 bridgehead atoms. The number of hydrogen-bond acceptors (Lipinski definition) is 4. The molecule has 0 saturated carbocycles. The number of thiocarbonyl (C=S) groups is 1. The summed E-state index contributed by atoms with van der Waals surface area (Å²) < 4.78 is 1.74. The monoisotopic (exact) mass is 387 g/mol. The van der Waals surface area contributed by atoms with E-state index in [9.17, 15) is 10.1 Å². The maximum absolute atomic E-state index is 10.8. The highest BCUT2D eigenvalue weighted by Crippen LogP contribution is 2.18. The number of hydrogen-bond donors (Lipinski definition) is 2. The van der Waals surface area contributed by atoms with E-state index in [0.717, 1.165) is 5.56 Å². The molecule has 0 fully saturated rings. The van der Waals surface area contributed by atoms with E-state index in [2.05, 4.69) is 15.7 Å². The summed E-state index contributed by atoms with van der Waals surface area (Å²) in [6.07, 6.45) is 3.43. The summed E-state index contributed by atoms with van der Waals surface area (Å²) in [5, 5.41) is 22.0. The molecule has 0 amide bonds. The third kappa shape index (κ3) is 4.56. The summed E-state index contributed by atoms with van der Waals surface area (Å²) in [6, 6.07) is 13.7. The third-order valence-corrected chi connectivity index (χ3v) is 4.07. The van der Waals surface area contributed by atoms with Crippen LogP contribution in [0.15, 0.2) is 60.9 Å². The largest absolute Gasteiger partial charge is 0.332 e. The summed E-state index contributed by atoms with van der Waals surface area (Å²) in [4.78, 5) is 10.4. The normalized spacial score (nSPS) is 10.3. The molecule has 3 rings (SSSR count). The first-order valence-electron chi connectivity index (χ1n) is 7.59. The summed E-state index contributed by atoms with van der Waals surface area (Å²) in [5.74, 6) is 0. The van der Waals surface area contributed by atoms with Gasteiger partial charge in [-0.1, -0.05) is 35.9 Å². The molecule has 0 aliphatic heterocycles. The van der Waals surface area contributed by atoms with Gasteiger partial charge in [0.25, 0.3) is 5.69 Å². The fraction of sp³-hybridized carbons (Fsp3) is 0.0588. The van der Waals surface area contributed by atoms with Gasteiger partial charge in [-0.3, -0.25) is 14.8 Å². The average molecular weight is 388 g/mol. The van der Waals surface area contributed by atoms with Crippen LogP contribution in [-0.2, 0) is 6.54 Å². The Labute approximate surface area is 159 Å². The molecule has 2 N–H and O–H groups in total. The zero-order chi connectivity index (χ0) is 18.5. The minimum absolute atomic E-state index is 0.00893. The SMILES string of the molecule is O=[N+]([O-])c1cccc(NC(=S)Nc2cnn(Cc3ccccc3Cl)c2)c1. The Morgan fingerprint density at radius 3 is 2.73 bits per heavy atom. The van der Waals surface area contributed by atoms with Crippen LogP contribution in [-0.4, -0.2) is 19.8 Å². The van der Waals surface area contributed by atoms with Crippen molar-refractivity contribution in [3.8, 4) is 0 Å². The lowest BCUT2D eigenvalue weighted by molar-refractivity contribution is -0.384. The van der Waals surface area contributed by atoms with Crippen molar-refractivity contribution in [2.24, 2.45) is 0 Å². The molecule has 0 spiro atoms. The van der Waals surface area contributed by atoms with Crippen LogP contribution in [0.1, 0.15) is 5.56 Å². The van der Waals surface area contributed by atoms with E-state index < -0.39 is 4.92 Å². The van der Waals surface area contributed by atoms with Crippen LogP contribution in [0.3, 0.4) is 0 Å². The van der Waals surface area contributed by atoms with Crippen LogP contribution in [0.25, 0.3) is 0 Å². The molecule has 1 heterocycles. The first kappa shape index (κ1) is 17.8. The maximum Gasteiger partial charge on any atom is 0.271 e. The predicted molar refractivity (Wildman–Crippen MR) is 106 cm³/mol. The van der Waals surface area contributed by atoms with Gasteiger partial charge in [-0.2, -0.15) is 5.10 Å². The van der Waals surface area contributed by atoms with Crippen molar-refractivity contribution in [3.05, 3.63) is 81.6 Å². The second-order valence-electron chi connectivity index (χ2n) is 5.40. The maximum atomic E-state index is 10.8. The number of nitro groups is 1. The van der Waals surface area contributed by atoms with Crippen LogP contribution in [0.5, 0.6) is 0 Å². The number of rotatable bonds is 5. The number of aromatic nitrogens is 2. The molecule has 3 aromatic rings. The Morgan fingerprint density at radius 1 is 1.19 bits per heavy atom. The second kappa shape index (κ2) is 7.94. The van der Waals surface area contributed by atoms with E-state index in [1.807, 2.05) is 24.3 Å². The van der Waals surface area contributed by atoms with Crippen LogP contribution < -0.4 is 10.6 Å². The predicted octanol–water partition coefficient (Wildman–Crippen LogP) is 4.30. The highest BCUT2D eigenvalue weighted by atomic mass is 35.5. The van der Waals surface area contributed by atoms with Crippen molar-refractivity contribution in [1.82, 2.24) is 9.78 Å². The molecule has 26 heavy (non-hydrogen) atoms. The first-order valence-corrected chi connectivity index (χ1v) is 8.38. The van der Waals surface area contributed by atoms with Gasteiger partial charge < -0.3 is 10.6 Å². The Bertz CT molecular complexity index is 960. The molecule has 0 radical (unpaired) electrons. The van der Waals surface area contributed by atoms with Gasteiger partial charge in [0, 0.05) is 29.0 Å². The van der Waals surface area contributed by atoms with E-state index in [4.69, 9.17) is 23.8 Å². The minimum atomic E-state index is -0.458. The van der Waals surface area contributed by atoms with E-state index in [1.54, 1.807) is 29.2 Å². The Morgan fingerprint density at radius 2 is 1.96 bits per heavy atom. The Hall–Kier alpha value is -2.97. The fourth-order valence-electron chi connectivity index (χ4n) is 2.31. The van der Waals surface area contributed by atoms with Crippen molar-refractivity contribution in [3.63, 3.8) is 0 Å². The minimum Gasteiger partial charge on any atom is -0.332 e. The van der Waals surface area contributed by atoms with Gasteiger partial charge in [0.05, 0.1) is 23.4 Å². The number of non-ortho nitro benzene ring substituents is 1. The van der Waals surface area contributed by atoms with Crippen LogP contribution in [0.4, 0.5) is 17.1 Å². The van der Waals surface area contributed by atoms with Crippen molar-refractivity contribution in [1.29, 1.82) is 0 Å². The number of anilines is 2. The summed E-state index contributed by atoms with van der Waals surface area (Å²) in [6.45, 7) is 0.534. The molecule has 132 valence electrons. The smallest absolute Gasteiger partial charge is 0.271 e. The lowest BCUT2D eigenvalue weighted by Gasteiger charge is -2.08. The Kier molecular flexibility index (Phi) is 5.45. The van der Waals surface area contributed by atoms with Crippen molar-refractivity contribution in [2.45, 2.75) is 6.54 Å². The van der Waals surface area contributed by atoms with Crippen LogP contribution >= 0.6 is 23.8 Å². The van der Waals surface area contributed by atoms with Gasteiger partial charge in [-0.15, -0.1) is 0 Å². The number of benzene rings is 2. The molecule has 0 unspecified atom stereocenters. The van der Waals surface area contributed by atoms with Gasteiger partial charge in [-0.05, 0) is 29.9 Å². The van der Waals surface area contributed by atoms with Crippen LogP contribution in [0.2, 0.25) is 5.02 Å². The van der Waals surface area contributed by atoms with Gasteiger partial charge in [0.2, 0.25) is 0 Å². The topological polar surface area (TPSA) is 85.0 Å². The standard InChI is InChI=1S/C17H14ClN5O2S/c18-16-7-2-1-4-12(16)10-22-11-14(9-19-22)21-17(26)20-13-5-3-6-15(8-13)23(24)25/h1-9,11H,10H2,(H2,20,21,26). The number of nitrogens with one attached hydrogen (secondary N) is 2. The van der Waals surface area contributed by atoms with Crippen molar-refractivity contribution < 1.29 is 4.92 Å². The third-order valence-electron chi connectivity index (χ3n) is 3.50. The molecular weight excluding hydrogens is 374 g/mol. The van der Waals surface area contributed by atoms with E-state index in [-0.39, 0.29) is 5.69 Å². The van der Waals surface area contributed by atoms with E-state index >= 15 is 0 Å². The summed E-state index contributed by atoms with van der Waals surface area (Å²) >= 11 is 11.4. The highest BCUT2D eigenvalue weighted by Gasteiger charge is 2.08. The first-order chi connectivity index (χ1) is 12.5. The molecule has 0 atom stereocenters. The molecule has 7 nitrogen and oxygen atoms in total. The quantitative estimate of drug-likeness (QED) is 0.385. The zero-order valence-corrected chi connectivity index (χ0v) is 15.0. The number of nitro benzene ring substituents is 1. The Balaban J connectivity index is 1.62. The molecule has 0 aliphatic rings. The molecule has 0 saturated heterocycles. The molecule has 2 aromatic carbocycles. The van der Waals surface area contributed by atoms with Crippen LogP contribution in [0, 0.1) is 10.1 Å². The van der Waals surface area contributed by atoms with Crippen molar-refractivity contribution in [2.75, 3.05) is 10.6 Å². The average Bonchev–Trinajstić information content (AvgIpc) is 3.04. The number of nitrogens with zero attached hydrogens (tertiary/aromatic N) is 3. The summed E-state index contributed by atoms with van der Waals surface area (Å²) in [7, 11) is 0. The zero-order valence-electron chi connectivity index (χ0n) is 13.4. The molecule has 9 heteroatoms. The van der Waals surface area contributed by atoms with Crippen molar-refractivity contribution >= 4 is 46.0 Å². The van der Waals surface area contributed by atoms with Gasteiger partial charge in [0.1, 0.15) is 0 Å². The van der Waals surface area contributed by atoms with Gasteiger partial charge >= 0.3 is 0 Å². The highest BCUT2D eigenvalue weighted by molar-refractivity contribution is 7.80. The lowest BCUT2D eigenvalue weighted by Crippen LogP contribution is -2.18. The second-order valence-corrected chi connectivity index (χ2v) is 6.22. The number of halogens is 1. The fourth-order valence-corrected chi connectivity index (χ4v) is 2.74.